The van der Waals surface area contributed by atoms with Gasteiger partial charge in [-0.05, 0) is 71.8 Å². The van der Waals surface area contributed by atoms with Crippen LogP contribution in [0.2, 0.25) is 0 Å². The van der Waals surface area contributed by atoms with E-state index in [-0.39, 0.29) is 48.0 Å². The smallest absolute Gasteiger partial charge is 0.240 e. The van der Waals surface area contributed by atoms with Gasteiger partial charge in [0.15, 0.2) is 23.0 Å². The number of phenolic OH excluding ortho intramolecular Hbond substituents is 2. The predicted molar refractivity (Wildman–Crippen MR) is 211 cm³/mol. The highest BCUT2D eigenvalue weighted by atomic mass is 32.2. The number of hydrogen-bond donors (Lipinski definition) is 5. The summed E-state index contributed by atoms with van der Waals surface area (Å²) in [7, 11) is 2.91. The number of phenols is 2. The van der Waals surface area contributed by atoms with E-state index in [1.165, 1.54) is 62.0 Å². The van der Waals surface area contributed by atoms with E-state index in [2.05, 4.69) is 26.2 Å². The molecule has 0 bridgehead atoms. The third-order valence-electron chi connectivity index (χ3n) is 9.52. The van der Waals surface area contributed by atoms with Gasteiger partial charge in [0.25, 0.3) is 0 Å². The van der Waals surface area contributed by atoms with Crippen molar-refractivity contribution in [3.05, 3.63) is 83.9 Å². The lowest BCUT2D eigenvalue weighted by Gasteiger charge is -2.22. The highest BCUT2D eigenvalue weighted by Crippen LogP contribution is 2.46. The van der Waals surface area contributed by atoms with Gasteiger partial charge in [-0.25, -0.2) is 10.0 Å². The number of carbonyl (C=O) groups excluding carboxylic acids is 4. The third-order valence-corrected chi connectivity index (χ3v) is 10.6. The van der Waals surface area contributed by atoms with Gasteiger partial charge < -0.3 is 35.6 Å². The molecule has 15 nitrogen and oxygen atoms in total. The Labute approximate surface area is 326 Å². The van der Waals surface area contributed by atoms with Crippen LogP contribution in [0.25, 0.3) is 0 Å². The van der Waals surface area contributed by atoms with Crippen molar-refractivity contribution in [1.82, 2.24) is 10.0 Å². The Balaban J connectivity index is 0.964. The monoisotopic (exact) mass is 777 g/mol. The number of aromatic hydroxyl groups is 2. The molecule has 288 valence electrons. The molecule has 56 heavy (non-hydrogen) atoms. The van der Waals surface area contributed by atoms with E-state index in [4.69, 9.17) is 9.47 Å². The van der Waals surface area contributed by atoms with Crippen LogP contribution in [0.4, 0.5) is 22.7 Å². The van der Waals surface area contributed by atoms with Gasteiger partial charge in [0.1, 0.15) is 0 Å². The number of carbonyl (C=O) groups is 4. The molecular weight excluding hydrogens is 739 g/mol. The van der Waals surface area contributed by atoms with Gasteiger partial charge in [0.2, 0.25) is 23.6 Å². The first-order valence-electron chi connectivity index (χ1n) is 17.7. The molecule has 4 aromatic carbocycles. The number of benzene rings is 4. The third kappa shape index (κ3) is 7.95. The van der Waals surface area contributed by atoms with Crippen LogP contribution in [0.1, 0.15) is 62.7 Å². The number of hydrazone groups is 2. The first-order chi connectivity index (χ1) is 26.9. The SMILES string of the molecule is COc1ccc(C2CC(CC(=O)Nc3ccc4c(c3)Sc3cc(NC(=O)CC5=NN(C(C)=O)C(c6ccc(OC)c(O)c6)C5)ccc3N4)=NN2C(C)=O)cc1O. The van der Waals surface area contributed by atoms with Crippen LogP contribution >= 0.6 is 11.8 Å². The minimum atomic E-state index is -0.463. The maximum absolute atomic E-state index is 13.2. The quantitative estimate of drug-likeness (QED) is 0.102. The molecule has 3 aliphatic heterocycles. The molecule has 3 aliphatic rings. The van der Waals surface area contributed by atoms with Gasteiger partial charge in [-0.1, -0.05) is 23.9 Å². The van der Waals surface area contributed by atoms with Crippen molar-refractivity contribution >= 4 is 69.6 Å². The Bertz CT molecular complexity index is 2170. The summed E-state index contributed by atoms with van der Waals surface area (Å²) in [6.07, 6.45) is 0.612. The van der Waals surface area contributed by atoms with Crippen LogP contribution in [0, 0.1) is 0 Å². The molecule has 0 fully saturated rings. The molecule has 3 heterocycles. The second kappa shape index (κ2) is 15.7. The Morgan fingerprint density at radius 2 is 1.12 bits per heavy atom. The van der Waals surface area contributed by atoms with Crippen LogP contribution in [-0.2, 0) is 19.2 Å². The Morgan fingerprint density at radius 1 is 0.696 bits per heavy atom. The number of hydrogen-bond acceptors (Lipinski definition) is 12. The predicted octanol–water partition coefficient (Wildman–Crippen LogP) is 6.68. The van der Waals surface area contributed by atoms with E-state index >= 15 is 0 Å². The van der Waals surface area contributed by atoms with Crippen molar-refractivity contribution in [1.29, 1.82) is 0 Å². The maximum Gasteiger partial charge on any atom is 0.240 e. The first-order valence-corrected chi connectivity index (χ1v) is 18.5. The second-order valence-corrected chi connectivity index (χ2v) is 14.5. The number of ether oxygens (including phenoxy) is 2. The van der Waals surface area contributed by atoms with E-state index in [0.29, 0.717) is 58.3 Å². The summed E-state index contributed by atoms with van der Waals surface area (Å²) < 4.78 is 10.3. The van der Waals surface area contributed by atoms with Crippen molar-refractivity contribution in [2.75, 3.05) is 30.2 Å². The maximum atomic E-state index is 13.2. The number of nitrogens with one attached hydrogen (secondary N) is 3. The van der Waals surface area contributed by atoms with Crippen molar-refractivity contribution in [2.45, 2.75) is 61.4 Å². The van der Waals surface area contributed by atoms with E-state index in [9.17, 15) is 29.4 Å². The van der Waals surface area contributed by atoms with Crippen LogP contribution in [0.3, 0.4) is 0 Å². The summed E-state index contributed by atoms with van der Waals surface area (Å²) in [5, 5.41) is 41.4. The van der Waals surface area contributed by atoms with Gasteiger partial charge in [-0.3, -0.25) is 19.2 Å². The molecule has 4 amide bonds. The lowest BCUT2D eigenvalue weighted by molar-refractivity contribution is -0.131. The molecule has 2 unspecified atom stereocenters. The van der Waals surface area contributed by atoms with E-state index < -0.39 is 12.1 Å². The van der Waals surface area contributed by atoms with Crippen LogP contribution < -0.4 is 25.4 Å². The van der Waals surface area contributed by atoms with Crippen LogP contribution in [0.15, 0.2) is 92.8 Å². The molecule has 4 aromatic rings. The zero-order valence-corrected chi connectivity index (χ0v) is 31.8. The highest BCUT2D eigenvalue weighted by molar-refractivity contribution is 7.99. The zero-order chi connectivity index (χ0) is 39.7. The van der Waals surface area contributed by atoms with Gasteiger partial charge in [-0.2, -0.15) is 10.2 Å². The van der Waals surface area contributed by atoms with Gasteiger partial charge in [0.05, 0.1) is 61.9 Å². The summed E-state index contributed by atoms with van der Waals surface area (Å²) in [5.74, 6) is -0.631. The lowest BCUT2D eigenvalue weighted by atomic mass is 10.00. The van der Waals surface area contributed by atoms with Crippen LogP contribution in [0.5, 0.6) is 23.0 Å². The van der Waals surface area contributed by atoms with Crippen molar-refractivity contribution < 1.29 is 38.9 Å². The van der Waals surface area contributed by atoms with Crippen molar-refractivity contribution in [3.8, 4) is 23.0 Å². The molecule has 2 atom stereocenters. The molecule has 0 saturated carbocycles. The highest BCUT2D eigenvalue weighted by Gasteiger charge is 2.33. The molecule has 0 aliphatic carbocycles. The number of anilines is 4. The topological polar surface area (TPSA) is 194 Å². The molecule has 0 saturated heterocycles. The average Bonchev–Trinajstić information content (AvgIpc) is 3.79. The second-order valence-electron chi connectivity index (χ2n) is 13.5. The number of fused-ring (bicyclic) bond motifs is 2. The summed E-state index contributed by atoms with van der Waals surface area (Å²) >= 11 is 1.48. The molecule has 16 heteroatoms. The molecular formula is C40H39N7O8S. The Kier molecular flexibility index (Phi) is 10.6. The Hall–Kier alpha value is -6.55. The fraction of sp³-hybridized carbons (Fsp3) is 0.250. The molecule has 7 rings (SSSR count). The summed E-state index contributed by atoms with van der Waals surface area (Å²) in [5.41, 5.74) is 5.27. The summed E-state index contributed by atoms with van der Waals surface area (Å²) in [4.78, 5) is 52.9. The van der Waals surface area contributed by atoms with E-state index in [0.717, 1.165) is 21.2 Å². The van der Waals surface area contributed by atoms with Crippen molar-refractivity contribution in [3.63, 3.8) is 0 Å². The van der Waals surface area contributed by atoms with E-state index in [1.807, 2.05) is 24.3 Å². The normalized spacial score (nSPS) is 16.9. The van der Waals surface area contributed by atoms with Gasteiger partial charge in [-0.15, -0.1) is 0 Å². The summed E-state index contributed by atoms with van der Waals surface area (Å²) in [6, 6.07) is 20.0. The summed E-state index contributed by atoms with van der Waals surface area (Å²) in [6.45, 7) is 2.81. The number of amides is 4. The minimum Gasteiger partial charge on any atom is -0.504 e. The number of nitrogens with zero attached hydrogens (tertiary/aromatic N) is 4. The molecule has 5 N–H and O–H groups in total. The van der Waals surface area contributed by atoms with Gasteiger partial charge >= 0.3 is 0 Å². The zero-order valence-electron chi connectivity index (χ0n) is 31.0. The first kappa shape index (κ1) is 37.8. The number of methoxy groups -OCH3 is 2. The minimum absolute atomic E-state index is 0.0261. The fourth-order valence-electron chi connectivity index (χ4n) is 6.91. The molecule has 0 aromatic heterocycles. The fourth-order valence-corrected chi connectivity index (χ4v) is 7.97. The Morgan fingerprint density at radius 3 is 1.50 bits per heavy atom. The average molecular weight is 778 g/mol. The van der Waals surface area contributed by atoms with Crippen molar-refractivity contribution in [2.24, 2.45) is 10.2 Å². The van der Waals surface area contributed by atoms with Crippen LogP contribution in [-0.4, -0.2) is 69.5 Å². The van der Waals surface area contributed by atoms with E-state index in [1.54, 1.807) is 36.4 Å². The standard InChI is InChI=1S/C40H39N7O8S/c1-21(48)46-31(23-5-11-35(54-3)33(50)13-23)15-27(44-46)19-39(52)41-25-7-9-29-37(17-25)56-38-18-26(8-10-30(38)43-29)42-40(53)20-28-16-32(47(45-28)22(2)49)24-6-12-36(55-4)34(51)14-24/h5-14,17-18,31-32,43,50-51H,15-16,19-20H2,1-4H3,(H,41,52)(H,42,53). The lowest BCUT2D eigenvalue weighted by Crippen LogP contribution is -2.24. The van der Waals surface area contributed by atoms with Gasteiger partial charge in [0, 0.05) is 47.9 Å². The largest absolute Gasteiger partial charge is 0.504 e. The molecule has 0 spiro atoms. The number of rotatable bonds is 10. The molecule has 0 radical (unpaired) electrons.